The van der Waals surface area contributed by atoms with Gasteiger partial charge < -0.3 is 15.7 Å². The smallest absolute Gasteiger partial charge is 0.303 e. The second kappa shape index (κ2) is 8.14. The van der Waals surface area contributed by atoms with Crippen molar-refractivity contribution in [2.24, 2.45) is 0 Å². The molecule has 1 heterocycles. The number of benzene rings is 1. The average molecular weight is 334 g/mol. The van der Waals surface area contributed by atoms with Crippen LogP contribution in [0.1, 0.15) is 18.4 Å². The van der Waals surface area contributed by atoms with E-state index in [-0.39, 0.29) is 18.7 Å². The SMILES string of the molecule is O=C(O)CCC(=O)Nc1ccc(NCc2ccc(Cl)cc2)cn1. The first kappa shape index (κ1) is 16.8. The summed E-state index contributed by atoms with van der Waals surface area (Å²) < 4.78 is 0. The van der Waals surface area contributed by atoms with E-state index >= 15 is 0 Å². The molecule has 0 radical (unpaired) electrons. The Kier molecular flexibility index (Phi) is 5.94. The number of carboxylic acids is 1. The summed E-state index contributed by atoms with van der Waals surface area (Å²) in [5, 5.41) is 15.0. The highest BCUT2D eigenvalue weighted by molar-refractivity contribution is 6.30. The maximum atomic E-state index is 11.5. The van der Waals surface area contributed by atoms with Crippen LogP contribution in [-0.4, -0.2) is 22.0 Å². The number of pyridine rings is 1. The standard InChI is InChI=1S/C16H16ClN3O3/c17-12-3-1-11(2-4-12)9-18-13-5-6-14(19-10-13)20-15(21)7-8-16(22)23/h1-6,10,18H,7-9H2,(H,22,23)(H,19,20,21). The third-order valence-electron chi connectivity index (χ3n) is 3.01. The molecule has 120 valence electrons. The number of amides is 1. The van der Waals surface area contributed by atoms with Crippen LogP contribution in [0.3, 0.4) is 0 Å². The Morgan fingerprint density at radius 3 is 2.43 bits per heavy atom. The summed E-state index contributed by atoms with van der Waals surface area (Å²) in [5.74, 6) is -0.992. The quantitative estimate of drug-likeness (QED) is 0.724. The van der Waals surface area contributed by atoms with Crippen molar-refractivity contribution in [1.82, 2.24) is 4.98 Å². The third-order valence-corrected chi connectivity index (χ3v) is 3.26. The Hall–Kier alpha value is -2.60. The van der Waals surface area contributed by atoms with Gasteiger partial charge in [0.15, 0.2) is 0 Å². The number of nitrogens with zero attached hydrogens (tertiary/aromatic N) is 1. The molecule has 0 aliphatic carbocycles. The van der Waals surface area contributed by atoms with Crippen LogP contribution in [0.2, 0.25) is 5.02 Å². The normalized spacial score (nSPS) is 10.1. The fourth-order valence-corrected chi connectivity index (χ4v) is 1.93. The predicted molar refractivity (Wildman–Crippen MR) is 88.5 cm³/mol. The number of aromatic nitrogens is 1. The summed E-state index contributed by atoms with van der Waals surface area (Å²) >= 11 is 5.83. The van der Waals surface area contributed by atoms with Crippen LogP contribution in [0, 0.1) is 0 Å². The average Bonchev–Trinajstić information content (AvgIpc) is 2.54. The lowest BCUT2D eigenvalue weighted by atomic mass is 10.2. The summed E-state index contributed by atoms with van der Waals surface area (Å²) in [7, 11) is 0. The van der Waals surface area contributed by atoms with E-state index in [1.165, 1.54) is 0 Å². The fraction of sp³-hybridized carbons (Fsp3) is 0.188. The van der Waals surface area contributed by atoms with Crippen LogP contribution >= 0.6 is 11.6 Å². The molecule has 0 saturated carbocycles. The number of nitrogens with one attached hydrogen (secondary N) is 2. The maximum Gasteiger partial charge on any atom is 0.303 e. The van der Waals surface area contributed by atoms with Crippen LogP contribution in [-0.2, 0) is 16.1 Å². The van der Waals surface area contributed by atoms with Crippen LogP contribution in [0.5, 0.6) is 0 Å². The molecule has 0 spiro atoms. The van der Waals surface area contributed by atoms with E-state index in [4.69, 9.17) is 16.7 Å². The molecule has 2 aromatic rings. The Morgan fingerprint density at radius 2 is 1.83 bits per heavy atom. The molecule has 6 nitrogen and oxygen atoms in total. The van der Waals surface area contributed by atoms with Gasteiger partial charge in [0.05, 0.1) is 18.3 Å². The van der Waals surface area contributed by atoms with Crippen LogP contribution in [0.15, 0.2) is 42.6 Å². The molecule has 3 N–H and O–H groups in total. The summed E-state index contributed by atoms with van der Waals surface area (Å²) in [4.78, 5) is 26.0. The fourth-order valence-electron chi connectivity index (χ4n) is 1.80. The molecule has 0 fully saturated rings. The molecule has 1 aromatic carbocycles. The van der Waals surface area contributed by atoms with Crippen LogP contribution in [0.25, 0.3) is 0 Å². The molecule has 0 bridgehead atoms. The second-order valence-corrected chi connectivity index (χ2v) is 5.29. The highest BCUT2D eigenvalue weighted by atomic mass is 35.5. The molecule has 2 rings (SSSR count). The number of aliphatic carboxylic acids is 1. The van der Waals surface area contributed by atoms with Crippen molar-refractivity contribution in [1.29, 1.82) is 0 Å². The molecule has 0 unspecified atom stereocenters. The Balaban J connectivity index is 1.83. The van der Waals surface area contributed by atoms with Gasteiger partial charge in [0, 0.05) is 18.0 Å². The minimum Gasteiger partial charge on any atom is -0.481 e. The minimum atomic E-state index is -1.00. The molecular weight excluding hydrogens is 318 g/mol. The van der Waals surface area contributed by atoms with Gasteiger partial charge >= 0.3 is 5.97 Å². The number of carbonyl (C=O) groups excluding carboxylic acids is 1. The van der Waals surface area contributed by atoms with Gasteiger partial charge in [0.1, 0.15) is 5.82 Å². The molecule has 0 saturated heterocycles. The van der Waals surface area contributed by atoms with Crippen LogP contribution < -0.4 is 10.6 Å². The largest absolute Gasteiger partial charge is 0.481 e. The van der Waals surface area contributed by atoms with E-state index in [0.717, 1.165) is 11.3 Å². The lowest BCUT2D eigenvalue weighted by Gasteiger charge is -2.08. The number of hydrogen-bond donors (Lipinski definition) is 3. The predicted octanol–water partition coefficient (Wildman–Crippen LogP) is 3.15. The van der Waals surface area contributed by atoms with E-state index in [1.54, 1.807) is 18.3 Å². The number of carbonyl (C=O) groups is 2. The maximum absolute atomic E-state index is 11.5. The van der Waals surface area contributed by atoms with E-state index in [9.17, 15) is 9.59 Å². The number of rotatable bonds is 7. The number of carboxylic acid groups (broad SMARTS) is 1. The second-order valence-electron chi connectivity index (χ2n) is 4.85. The van der Waals surface area contributed by atoms with Gasteiger partial charge in [-0.1, -0.05) is 23.7 Å². The van der Waals surface area contributed by atoms with E-state index in [1.807, 2.05) is 24.3 Å². The van der Waals surface area contributed by atoms with Gasteiger partial charge in [-0.3, -0.25) is 9.59 Å². The molecule has 1 aromatic heterocycles. The molecule has 23 heavy (non-hydrogen) atoms. The van der Waals surface area contributed by atoms with Gasteiger partial charge in [-0.15, -0.1) is 0 Å². The van der Waals surface area contributed by atoms with E-state index in [2.05, 4.69) is 15.6 Å². The molecule has 0 atom stereocenters. The van der Waals surface area contributed by atoms with Crippen molar-refractivity contribution in [2.45, 2.75) is 19.4 Å². The zero-order valence-electron chi connectivity index (χ0n) is 12.3. The molecular formula is C16H16ClN3O3. The summed E-state index contributed by atoms with van der Waals surface area (Å²) in [6, 6.07) is 11.0. The van der Waals surface area contributed by atoms with Gasteiger partial charge in [-0.05, 0) is 29.8 Å². The Bertz CT molecular complexity index is 672. The van der Waals surface area contributed by atoms with Crippen molar-refractivity contribution in [3.63, 3.8) is 0 Å². The minimum absolute atomic E-state index is 0.0758. The molecule has 0 aliphatic heterocycles. The molecule has 1 amide bonds. The van der Waals surface area contributed by atoms with Gasteiger partial charge in [0.25, 0.3) is 0 Å². The molecule has 7 heteroatoms. The van der Waals surface area contributed by atoms with Crippen molar-refractivity contribution < 1.29 is 14.7 Å². The van der Waals surface area contributed by atoms with E-state index in [0.29, 0.717) is 17.4 Å². The van der Waals surface area contributed by atoms with Crippen molar-refractivity contribution in [2.75, 3.05) is 10.6 Å². The van der Waals surface area contributed by atoms with E-state index < -0.39 is 5.97 Å². The third kappa shape index (κ3) is 5.96. The number of hydrogen-bond acceptors (Lipinski definition) is 4. The van der Waals surface area contributed by atoms with Gasteiger partial charge in [-0.25, -0.2) is 4.98 Å². The first-order valence-corrected chi connectivity index (χ1v) is 7.37. The summed E-state index contributed by atoms with van der Waals surface area (Å²) in [5.41, 5.74) is 1.89. The first-order chi connectivity index (χ1) is 11.0. The number of halogens is 1. The Labute approximate surface area is 138 Å². The van der Waals surface area contributed by atoms with Crippen LogP contribution in [0.4, 0.5) is 11.5 Å². The highest BCUT2D eigenvalue weighted by Gasteiger charge is 2.06. The zero-order valence-corrected chi connectivity index (χ0v) is 13.0. The summed E-state index contributed by atoms with van der Waals surface area (Å²) in [6.07, 6.45) is 1.32. The summed E-state index contributed by atoms with van der Waals surface area (Å²) in [6.45, 7) is 0.628. The number of anilines is 2. The highest BCUT2D eigenvalue weighted by Crippen LogP contribution is 2.13. The lowest BCUT2D eigenvalue weighted by Crippen LogP contribution is -2.14. The van der Waals surface area contributed by atoms with Gasteiger partial charge in [0.2, 0.25) is 5.91 Å². The van der Waals surface area contributed by atoms with Crippen molar-refractivity contribution >= 4 is 35.0 Å². The van der Waals surface area contributed by atoms with Gasteiger partial charge in [-0.2, -0.15) is 0 Å². The first-order valence-electron chi connectivity index (χ1n) is 6.99. The molecule has 0 aliphatic rings. The Morgan fingerprint density at radius 1 is 1.09 bits per heavy atom. The zero-order chi connectivity index (χ0) is 16.7. The van der Waals surface area contributed by atoms with Crippen molar-refractivity contribution in [3.8, 4) is 0 Å². The monoisotopic (exact) mass is 333 g/mol. The topological polar surface area (TPSA) is 91.3 Å². The van der Waals surface area contributed by atoms with Crippen molar-refractivity contribution in [3.05, 3.63) is 53.2 Å². The lowest BCUT2D eigenvalue weighted by molar-refractivity contribution is -0.138.